The number of nitrogens with zero attached hydrogens (tertiary/aromatic N) is 3. The molecule has 24 heavy (non-hydrogen) atoms. The van der Waals surface area contributed by atoms with Crippen molar-refractivity contribution in [2.24, 2.45) is 0 Å². The quantitative estimate of drug-likeness (QED) is 0.590. The highest BCUT2D eigenvalue weighted by atomic mass is 32.1. The van der Waals surface area contributed by atoms with E-state index in [1.807, 2.05) is 19.9 Å². The summed E-state index contributed by atoms with van der Waals surface area (Å²) in [6.07, 6.45) is 0.998. The summed E-state index contributed by atoms with van der Waals surface area (Å²) in [5.74, 6) is 0.416. The lowest BCUT2D eigenvalue weighted by molar-refractivity contribution is -0.116. The highest BCUT2D eigenvalue weighted by Crippen LogP contribution is 2.23. The number of aryl methyl sites for hydroxylation is 3. The second-order valence-electron chi connectivity index (χ2n) is 5.54. The summed E-state index contributed by atoms with van der Waals surface area (Å²) in [4.78, 5) is 36.7. The zero-order valence-corrected chi connectivity index (χ0v) is 15.1. The number of carbonyl (C=O) groups is 2. The summed E-state index contributed by atoms with van der Waals surface area (Å²) in [7, 11) is 0. The average molecular weight is 347 g/mol. The van der Waals surface area contributed by atoms with Crippen LogP contribution in [0.1, 0.15) is 46.5 Å². The van der Waals surface area contributed by atoms with Gasteiger partial charge in [0.05, 0.1) is 10.6 Å². The van der Waals surface area contributed by atoms with E-state index in [0.717, 1.165) is 11.4 Å². The van der Waals surface area contributed by atoms with Gasteiger partial charge in [0.25, 0.3) is 0 Å². The molecule has 0 aromatic carbocycles. The molecule has 2 aromatic rings. The van der Waals surface area contributed by atoms with Gasteiger partial charge in [0.2, 0.25) is 11.9 Å². The van der Waals surface area contributed by atoms with E-state index in [0.29, 0.717) is 41.0 Å². The minimum Gasteiger partial charge on any atom is -0.354 e. The van der Waals surface area contributed by atoms with Gasteiger partial charge in [0.1, 0.15) is 0 Å². The Bertz CT molecular complexity index is 737. The number of carbonyl (C=O) groups excluding carboxylic acids is 2. The molecule has 0 unspecified atom stereocenters. The number of amides is 1. The highest BCUT2D eigenvalue weighted by Gasteiger charge is 2.13. The number of hydrogen-bond donors (Lipinski definition) is 2. The molecule has 0 spiro atoms. The number of ketones is 1. The first-order chi connectivity index (χ1) is 11.3. The van der Waals surface area contributed by atoms with Crippen molar-refractivity contribution < 1.29 is 9.59 Å². The molecule has 2 aromatic heterocycles. The first-order valence-electron chi connectivity index (χ1n) is 7.69. The van der Waals surface area contributed by atoms with Gasteiger partial charge in [0, 0.05) is 31.3 Å². The predicted octanol–water partition coefficient (Wildman–Crippen LogP) is 2.89. The third-order valence-corrected chi connectivity index (χ3v) is 4.38. The molecule has 2 rings (SSSR count). The van der Waals surface area contributed by atoms with Crippen molar-refractivity contribution in [1.82, 2.24) is 15.0 Å². The maximum Gasteiger partial charge on any atom is 0.226 e. The van der Waals surface area contributed by atoms with Crippen molar-refractivity contribution in [1.29, 1.82) is 0 Å². The molecule has 0 fully saturated rings. The monoisotopic (exact) mass is 347 g/mol. The topological polar surface area (TPSA) is 96.9 Å². The van der Waals surface area contributed by atoms with Gasteiger partial charge >= 0.3 is 0 Å². The minimum absolute atomic E-state index is 0.0388. The number of rotatable bonds is 7. The second kappa shape index (κ2) is 7.96. The molecule has 0 aliphatic rings. The maximum atomic E-state index is 11.9. The van der Waals surface area contributed by atoms with Gasteiger partial charge in [-0.3, -0.25) is 9.59 Å². The standard InChI is InChI=1S/C16H21N5O2S/c1-9-8-10(2)19-15(18-9)17-7-5-6-13(23)21-16-20-11(3)14(24-16)12(4)22/h8H,5-7H2,1-4H3,(H,17,18,19)(H,20,21,23). The van der Waals surface area contributed by atoms with Crippen LogP contribution in [0.5, 0.6) is 0 Å². The van der Waals surface area contributed by atoms with Crippen LogP contribution >= 0.6 is 11.3 Å². The normalized spacial score (nSPS) is 10.5. The Labute approximate surface area is 144 Å². The zero-order chi connectivity index (χ0) is 17.7. The van der Waals surface area contributed by atoms with Crippen molar-refractivity contribution in [3.8, 4) is 0 Å². The summed E-state index contributed by atoms with van der Waals surface area (Å²) >= 11 is 1.21. The maximum absolute atomic E-state index is 11.9. The molecule has 0 saturated heterocycles. The Morgan fingerprint density at radius 2 is 1.79 bits per heavy atom. The Hall–Kier alpha value is -2.35. The van der Waals surface area contributed by atoms with E-state index in [4.69, 9.17) is 0 Å². The van der Waals surface area contributed by atoms with Gasteiger partial charge in [-0.1, -0.05) is 11.3 Å². The van der Waals surface area contributed by atoms with E-state index >= 15 is 0 Å². The SMILES string of the molecule is CC(=O)c1sc(NC(=O)CCCNc2nc(C)cc(C)n2)nc1C. The lowest BCUT2D eigenvalue weighted by Gasteiger charge is -2.06. The second-order valence-corrected chi connectivity index (χ2v) is 6.54. The van der Waals surface area contributed by atoms with Crippen LogP contribution in [-0.2, 0) is 4.79 Å². The van der Waals surface area contributed by atoms with E-state index in [-0.39, 0.29) is 11.7 Å². The van der Waals surface area contributed by atoms with Crippen molar-refractivity contribution in [2.75, 3.05) is 17.2 Å². The van der Waals surface area contributed by atoms with Gasteiger partial charge in [-0.15, -0.1) is 0 Å². The summed E-state index contributed by atoms with van der Waals surface area (Å²) in [5.41, 5.74) is 2.46. The zero-order valence-electron chi connectivity index (χ0n) is 14.3. The van der Waals surface area contributed by atoms with Crippen LogP contribution in [0.4, 0.5) is 11.1 Å². The Morgan fingerprint density at radius 3 is 2.38 bits per heavy atom. The molecule has 0 aliphatic heterocycles. The van der Waals surface area contributed by atoms with Crippen LogP contribution in [0.25, 0.3) is 0 Å². The molecule has 0 atom stereocenters. The van der Waals surface area contributed by atoms with Crippen molar-refractivity contribution in [2.45, 2.75) is 40.5 Å². The Kier molecular flexibility index (Phi) is 5.97. The summed E-state index contributed by atoms with van der Waals surface area (Å²) in [6.45, 7) is 7.69. The van der Waals surface area contributed by atoms with Gasteiger partial charge < -0.3 is 10.6 Å². The number of anilines is 2. The fourth-order valence-corrected chi connectivity index (χ4v) is 3.09. The molecule has 0 radical (unpaired) electrons. The predicted molar refractivity (Wildman–Crippen MR) is 94.7 cm³/mol. The number of aromatic nitrogens is 3. The molecular formula is C16H21N5O2S. The van der Waals surface area contributed by atoms with Gasteiger partial charge in [-0.25, -0.2) is 15.0 Å². The van der Waals surface area contributed by atoms with Crippen LogP contribution in [0.3, 0.4) is 0 Å². The van der Waals surface area contributed by atoms with Crippen molar-refractivity contribution >= 4 is 34.1 Å². The third-order valence-electron chi connectivity index (χ3n) is 3.21. The van der Waals surface area contributed by atoms with Gasteiger partial charge in [-0.05, 0) is 33.3 Å². The molecule has 2 heterocycles. The molecule has 8 heteroatoms. The fraction of sp³-hybridized carbons (Fsp3) is 0.438. The molecule has 128 valence electrons. The van der Waals surface area contributed by atoms with Crippen LogP contribution in [0, 0.1) is 20.8 Å². The largest absolute Gasteiger partial charge is 0.354 e. The number of thiazole rings is 1. The molecule has 1 amide bonds. The van der Waals surface area contributed by atoms with Crippen molar-refractivity contribution in [3.05, 3.63) is 28.0 Å². The van der Waals surface area contributed by atoms with E-state index in [1.165, 1.54) is 18.3 Å². The van der Waals surface area contributed by atoms with E-state index in [1.54, 1.807) is 6.92 Å². The summed E-state index contributed by atoms with van der Waals surface area (Å²) in [5, 5.41) is 6.31. The molecule has 0 saturated carbocycles. The van der Waals surface area contributed by atoms with Crippen molar-refractivity contribution in [3.63, 3.8) is 0 Å². The van der Waals surface area contributed by atoms with Crippen LogP contribution < -0.4 is 10.6 Å². The first kappa shape index (κ1) is 18.0. The molecule has 0 bridgehead atoms. The lowest BCUT2D eigenvalue weighted by Crippen LogP contribution is -2.14. The average Bonchev–Trinajstić information content (AvgIpc) is 2.83. The first-order valence-corrected chi connectivity index (χ1v) is 8.51. The molecule has 7 nitrogen and oxygen atoms in total. The minimum atomic E-state index is -0.123. The smallest absolute Gasteiger partial charge is 0.226 e. The molecular weight excluding hydrogens is 326 g/mol. The van der Waals surface area contributed by atoms with Crippen LogP contribution in [0.2, 0.25) is 0 Å². The molecule has 0 aliphatic carbocycles. The molecule has 2 N–H and O–H groups in total. The lowest BCUT2D eigenvalue weighted by atomic mass is 10.3. The number of hydrogen-bond acceptors (Lipinski definition) is 7. The van der Waals surface area contributed by atoms with Crippen LogP contribution in [-0.4, -0.2) is 33.2 Å². The number of nitrogens with one attached hydrogen (secondary N) is 2. The van der Waals surface area contributed by atoms with Crippen LogP contribution in [0.15, 0.2) is 6.07 Å². The highest BCUT2D eigenvalue weighted by molar-refractivity contribution is 7.17. The van der Waals surface area contributed by atoms with Gasteiger partial charge in [-0.2, -0.15) is 0 Å². The van der Waals surface area contributed by atoms with E-state index in [9.17, 15) is 9.59 Å². The Morgan fingerprint density at radius 1 is 1.12 bits per heavy atom. The van der Waals surface area contributed by atoms with E-state index in [2.05, 4.69) is 25.6 Å². The summed E-state index contributed by atoms with van der Waals surface area (Å²) in [6, 6.07) is 1.91. The number of Topliss-reactive ketones (excluding diaryl/α,β-unsaturated/α-hetero) is 1. The fourth-order valence-electron chi connectivity index (χ4n) is 2.21. The Balaban J connectivity index is 1.77. The van der Waals surface area contributed by atoms with E-state index < -0.39 is 0 Å². The summed E-state index contributed by atoms with van der Waals surface area (Å²) < 4.78 is 0. The van der Waals surface area contributed by atoms with Gasteiger partial charge in [0.15, 0.2) is 10.9 Å². The third kappa shape index (κ3) is 5.09.